The van der Waals surface area contributed by atoms with Crippen molar-refractivity contribution < 1.29 is 38.1 Å². The zero-order valence-electron chi connectivity index (χ0n) is 25.4. The second kappa shape index (κ2) is 13.8. The number of ether oxygens (including phenoxy) is 4. The molecule has 0 aliphatic carbocycles. The molecule has 1 unspecified atom stereocenters. The zero-order chi connectivity index (χ0) is 31.0. The lowest BCUT2D eigenvalue weighted by Gasteiger charge is -2.30. The highest BCUT2D eigenvalue weighted by Gasteiger charge is 2.39. The summed E-state index contributed by atoms with van der Waals surface area (Å²) in [6.07, 6.45) is 0.258. The molecule has 0 spiro atoms. The van der Waals surface area contributed by atoms with E-state index in [2.05, 4.69) is 0 Å². The van der Waals surface area contributed by atoms with Crippen LogP contribution in [0.1, 0.15) is 83.7 Å². The van der Waals surface area contributed by atoms with Crippen molar-refractivity contribution in [2.24, 2.45) is 16.6 Å². The van der Waals surface area contributed by atoms with Gasteiger partial charge in [0.15, 0.2) is 11.5 Å². The topological polar surface area (TPSA) is 131 Å². The van der Waals surface area contributed by atoms with E-state index in [0.29, 0.717) is 24.0 Å². The minimum Gasteiger partial charge on any atom is -0.468 e. The van der Waals surface area contributed by atoms with Crippen molar-refractivity contribution in [2.75, 3.05) is 7.11 Å². The van der Waals surface area contributed by atoms with Crippen LogP contribution in [-0.4, -0.2) is 42.6 Å². The molecule has 0 saturated heterocycles. The largest absolute Gasteiger partial charge is 0.468 e. The summed E-state index contributed by atoms with van der Waals surface area (Å²) in [6.45, 7) is 12.4. The van der Waals surface area contributed by atoms with Gasteiger partial charge in [0, 0.05) is 12.8 Å². The van der Waals surface area contributed by atoms with E-state index < -0.39 is 46.4 Å². The van der Waals surface area contributed by atoms with Crippen LogP contribution in [0.5, 0.6) is 11.5 Å². The minimum atomic E-state index is -1.59. The number of carbonyl (C=O) groups is 4. The molecule has 2 aromatic carbocycles. The van der Waals surface area contributed by atoms with Gasteiger partial charge in [0.1, 0.15) is 11.6 Å². The lowest BCUT2D eigenvalue weighted by atomic mass is 9.86. The Morgan fingerprint density at radius 3 is 1.85 bits per heavy atom. The van der Waals surface area contributed by atoms with Gasteiger partial charge in [-0.1, -0.05) is 38.1 Å². The number of hydrogen-bond donors (Lipinski definition) is 1. The summed E-state index contributed by atoms with van der Waals surface area (Å²) in [6, 6.07) is 13.2. The average Bonchev–Trinajstić information content (AvgIpc) is 2.93. The molecule has 0 saturated carbocycles. The number of esters is 4. The standard InChI is InChI=1S/C32H43NO8/c1-9-30(4,5)27(35)40-24-17-16-22(18-25(24)41-28(36)31(6,7)10-2)20-32(33,29(37)38-8)19-21(3)39-26(34)23-14-12-11-13-15-23/h11-18,21H,9-10,19-20,33H2,1-8H3/t21?,32-/m1/s1. The summed E-state index contributed by atoms with van der Waals surface area (Å²) >= 11 is 0. The van der Waals surface area contributed by atoms with E-state index in [0.717, 1.165) is 0 Å². The van der Waals surface area contributed by atoms with Crippen LogP contribution in [-0.2, 0) is 30.3 Å². The summed E-state index contributed by atoms with van der Waals surface area (Å²) in [4.78, 5) is 51.2. The van der Waals surface area contributed by atoms with Gasteiger partial charge < -0.3 is 24.7 Å². The van der Waals surface area contributed by atoms with Crippen LogP contribution in [0.25, 0.3) is 0 Å². The average molecular weight is 570 g/mol. The molecular formula is C32H43NO8. The first kappa shape index (κ1) is 33.5. The maximum Gasteiger partial charge on any atom is 0.338 e. The quantitative estimate of drug-likeness (QED) is 0.248. The van der Waals surface area contributed by atoms with Gasteiger partial charge in [-0.25, -0.2) is 4.79 Å². The van der Waals surface area contributed by atoms with E-state index >= 15 is 0 Å². The normalized spacial score (nSPS) is 13.9. The molecule has 41 heavy (non-hydrogen) atoms. The Balaban J connectivity index is 2.39. The third-order valence-electron chi connectivity index (χ3n) is 7.37. The van der Waals surface area contributed by atoms with Gasteiger partial charge in [-0.05, 0) is 77.3 Å². The number of hydrogen-bond acceptors (Lipinski definition) is 9. The summed E-state index contributed by atoms with van der Waals surface area (Å²) in [7, 11) is 1.22. The first-order valence-corrected chi connectivity index (χ1v) is 13.8. The van der Waals surface area contributed by atoms with Gasteiger partial charge in [-0.15, -0.1) is 0 Å². The van der Waals surface area contributed by atoms with Gasteiger partial charge in [0.05, 0.1) is 23.5 Å². The van der Waals surface area contributed by atoms with Crippen molar-refractivity contribution in [3.8, 4) is 11.5 Å². The van der Waals surface area contributed by atoms with Crippen molar-refractivity contribution in [2.45, 2.75) is 85.8 Å². The second-order valence-electron chi connectivity index (χ2n) is 11.6. The van der Waals surface area contributed by atoms with Crippen LogP contribution >= 0.6 is 0 Å². The molecule has 9 nitrogen and oxygen atoms in total. The fraction of sp³-hybridized carbons (Fsp3) is 0.500. The molecular weight excluding hydrogens is 526 g/mol. The van der Waals surface area contributed by atoms with Crippen molar-refractivity contribution in [1.82, 2.24) is 0 Å². The molecule has 2 atom stereocenters. The van der Waals surface area contributed by atoms with Crippen LogP contribution in [0, 0.1) is 10.8 Å². The number of benzene rings is 2. The number of methoxy groups -OCH3 is 1. The Kier molecular flexibility index (Phi) is 11.2. The van der Waals surface area contributed by atoms with Gasteiger partial charge in [-0.3, -0.25) is 14.4 Å². The molecule has 2 rings (SSSR count). The van der Waals surface area contributed by atoms with Crippen molar-refractivity contribution >= 4 is 23.9 Å². The molecule has 0 heterocycles. The molecule has 0 amide bonds. The van der Waals surface area contributed by atoms with E-state index in [4.69, 9.17) is 24.7 Å². The number of nitrogens with two attached hydrogens (primary N) is 1. The molecule has 0 radical (unpaired) electrons. The number of carbonyl (C=O) groups excluding carboxylic acids is 4. The van der Waals surface area contributed by atoms with Gasteiger partial charge in [-0.2, -0.15) is 0 Å². The van der Waals surface area contributed by atoms with E-state index in [-0.39, 0.29) is 24.3 Å². The molecule has 2 N–H and O–H groups in total. The summed E-state index contributed by atoms with van der Waals surface area (Å²) < 4.78 is 21.9. The Morgan fingerprint density at radius 2 is 1.34 bits per heavy atom. The lowest BCUT2D eigenvalue weighted by molar-refractivity contribution is -0.148. The second-order valence-corrected chi connectivity index (χ2v) is 11.6. The molecule has 0 fully saturated rings. The predicted molar refractivity (Wildman–Crippen MR) is 154 cm³/mol. The van der Waals surface area contributed by atoms with Crippen LogP contribution in [0.4, 0.5) is 0 Å². The molecule has 224 valence electrons. The maximum atomic E-state index is 13.0. The van der Waals surface area contributed by atoms with E-state index in [1.807, 2.05) is 13.8 Å². The molecule has 0 aliphatic heterocycles. The van der Waals surface area contributed by atoms with Gasteiger partial charge in [0.2, 0.25) is 0 Å². The molecule has 0 bridgehead atoms. The van der Waals surface area contributed by atoms with Crippen LogP contribution in [0.2, 0.25) is 0 Å². The highest BCUT2D eigenvalue weighted by atomic mass is 16.6. The van der Waals surface area contributed by atoms with E-state index in [1.54, 1.807) is 71.0 Å². The first-order valence-electron chi connectivity index (χ1n) is 13.8. The Morgan fingerprint density at radius 1 is 0.805 bits per heavy atom. The van der Waals surface area contributed by atoms with E-state index in [1.165, 1.54) is 19.2 Å². The fourth-order valence-electron chi connectivity index (χ4n) is 3.77. The predicted octanol–water partition coefficient (Wildman–Crippen LogP) is 5.42. The number of rotatable bonds is 13. The third kappa shape index (κ3) is 8.88. The minimum absolute atomic E-state index is 0.0325. The summed E-state index contributed by atoms with van der Waals surface area (Å²) in [5, 5.41) is 0. The monoisotopic (exact) mass is 569 g/mol. The summed E-state index contributed by atoms with van der Waals surface area (Å²) in [5.41, 5.74) is 4.34. The molecule has 2 aromatic rings. The smallest absolute Gasteiger partial charge is 0.338 e. The molecule has 0 aromatic heterocycles. The van der Waals surface area contributed by atoms with Crippen LogP contribution in [0.15, 0.2) is 48.5 Å². The Labute approximate surface area is 242 Å². The van der Waals surface area contributed by atoms with Crippen molar-refractivity contribution in [1.29, 1.82) is 0 Å². The molecule has 9 heteroatoms. The maximum absolute atomic E-state index is 13.0. The highest BCUT2D eigenvalue weighted by molar-refractivity contribution is 5.89. The third-order valence-corrected chi connectivity index (χ3v) is 7.37. The van der Waals surface area contributed by atoms with Crippen molar-refractivity contribution in [3.05, 3.63) is 59.7 Å². The highest BCUT2D eigenvalue weighted by Crippen LogP contribution is 2.35. The van der Waals surface area contributed by atoms with Crippen LogP contribution < -0.4 is 15.2 Å². The van der Waals surface area contributed by atoms with Gasteiger partial charge in [0.25, 0.3) is 0 Å². The van der Waals surface area contributed by atoms with E-state index in [9.17, 15) is 19.2 Å². The molecule has 0 aliphatic rings. The summed E-state index contributed by atoms with van der Waals surface area (Å²) in [5.74, 6) is -2.11. The zero-order valence-corrected chi connectivity index (χ0v) is 25.4. The first-order chi connectivity index (χ1) is 19.1. The lowest BCUT2D eigenvalue weighted by Crippen LogP contribution is -2.53. The van der Waals surface area contributed by atoms with Crippen molar-refractivity contribution in [3.63, 3.8) is 0 Å². The Bertz CT molecular complexity index is 1240. The van der Waals surface area contributed by atoms with Gasteiger partial charge >= 0.3 is 23.9 Å². The fourth-order valence-corrected chi connectivity index (χ4v) is 3.77. The Hall–Kier alpha value is -3.72. The van der Waals surface area contributed by atoms with Crippen LogP contribution in [0.3, 0.4) is 0 Å². The SMILES string of the molecule is CCC(C)(C)C(=O)Oc1ccc(C[C@](N)(CC(C)OC(=O)c2ccccc2)C(=O)OC)cc1OC(=O)C(C)(C)CC.